The van der Waals surface area contributed by atoms with Crippen molar-refractivity contribution >= 4 is 29.1 Å². The number of hydrogen-bond donors (Lipinski definition) is 1. The Hall–Kier alpha value is -1.52. The summed E-state index contributed by atoms with van der Waals surface area (Å²) >= 11 is 11.9. The number of rotatable bonds is 4. The first-order valence-electron chi connectivity index (χ1n) is 5.91. The van der Waals surface area contributed by atoms with Gasteiger partial charge in [0, 0.05) is 17.6 Å². The number of amides is 1. The maximum atomic E-state index is 11.8. The van der Waals surface area contributed by atoms with E-state index in [1.165, 1.54) is 4.68 Å². The maximum Gasteiger partial charge on any atom is 0.271 e. The largest absolute Gasteiger partial charge is 0.351 e. The molecule has 4 nitrogen and oxygen atoms in total. The summed E-state index contributed by atoms with van der Waals surface area (Å²) in [6, 6.07) is 8.60. The third-order valence-electron chi connectivity index (χ3n) is 2.51. The lowest BCUT2D eigenvalue weighted by molar-refractivity contribution is 0.0948. The third kappa shape index (κ3) is 3.28. The van der Waals surface area contributed by atoms with Gasteiger partial charge in [0.1, 0.15) is 5.15 Å². The molecular weight excluding hydrogens is 285 g/mol. The highest BCUT2D eigenvalue weighted by molar-refractivity contribution is 6.31. The molecule has 2 aromatic rings. The quantitative estimate of drug-likeness (QED) is 0.941. The molecule has 100 valence electrons. The van der Waals surface area contributed by atoms with E-state index in [9.17, 15) is 4.79 Å². The molecule has 1 N–H and O–H groups in total. The van der Waals surface area contributed by atoms with Crippen LogP contribution in [0.15, 0.2) is 30.3 Å². The predicted octanol–water partition coefficient (Wildman–Crippen LogP) is 3.32. The smallest absolute Gasteiger partial charge is 0.271 e. The summed E-state index contributed by atoms with van der Waals surface area (Å²) in [7, 11) is 0. The second-order valence-electron chi connectivity index (χ2n) is 4.00. The van der Waals surface area contributed by atoms with Gasteiger partial charge in [0.25, 0.3) is 5.91 Å². The Kier molecular flexibility index (Phi) is 4.45. The number of hydrogen-bond acceptors (Lipinski definition) is 2. The molecule has 1 heterocycles. The van der Waals surface area contributed by atoms with Crippen molar-refractivity contribution in [2.75, 3.05) is 6.54 Å². The van der Waals surface area contributed by atoms with E-state index < -0.39 is 0 Å². The minimum atomic E-state index is -0.225. The molecule has 1 aromatic carbocycles. The fraction of sp³-hybridized carbons (Fsp3) is 0.231. The van der Waals surface area contributed by atoms with Crippen LogP contribution >= 0.6 is 23.2 Å². The lowest BCUT2D eigenvalue weighted by atomic mass is 10.3. The molecule has 6 heteroatoms. The molecule has 0 atom stereocenters. The van der Waals surface area contributed by atoms with E-state index in [-0.39, 0.29) is 5.91 Å². The summed E-state index contributed by atoms with van der Waals surface area (Å²) < 4.78 is 1.50. The fourth-order valence-electron chi connectivity index (χ4n) is 1.56. The van der Waals surface area contributed by atoms with Gasteiger partial charge in [-0.15, -0.1) is 0 Å². The minimum absolute atomic E-state index is 0.225. The summed E-state index contributed by atoms with van der Waals surface area (Å²) in [6.45, 7) is 2.60. The highest BCUT2D eigenvalue weighted by Gasteiger charge is 2.13. The van der Waals surface area contributed by atoms with Gasteiger partial charge < -0.3 is 5.32 Å². The van der Waals surface area contributed by atoms with Crippen LogP contribution in [0.25, 0.3) is 5.69 Å². The Balaban J connectivity index is 2.26. The van der Waals surface area contributed by atoms with Crippen molar-refractivity contribution < 1.29 is 4.79 Å². The van der Waals surface area contributed by atoms with Crippen LogP contribution in [-0.2, 0) is 0 Å². The summed E-state index contributed by atoms with van der Waals surface area (Å²) in [4.78, 5) is 11.8. The zero-order valence-corrected chi connectivity index (χ0v) is 11.9. The first-order chi connectivity index (χ1) is 9.11. The Morgan fingerprint density at radius 2 is 2.00 bits per heavy atom. The van der Waals surface area contributed by atoms with E-state index in [0.29, 0.717) is 22.4 Å². The van der Waals surface area contributed by atoms with Gasteiger partial charge in [-0.3, -0.25) is 4.79 Å². The Morgan fingerprint density at radius 1 is 1.32 bits per heavy atom. The number of carbonyl (C=O) groups excluding carboxylic acids is 1. The van der Waals surface area contributed by atoms with Crippen molar-refractivity contribution in [3.63, 3.8) is 0 Å². The van der Waals surface area contributed by atoms with Crippen molar-refractivity contribution in [2.24, 2.45) is 0 Å². The first kappa shape index (κ1) is 13.9. The van der Waals surface area contributed by atoms with E-state index in [0.717, 1.165) is 12.1 Å². The SMILES string of the molecule is CCCNC(=O)c1cc(Cl)n(-c2ccc(Cl)cc2)n1. The fourth-order valence-corrected chi connectivity index (χ4v) is 1.93. The topological polar surface area (TPSA) is 46.9 Å². The molecule has 0 saturated heterocycles. The summed E-state index contributed by atoms with van der Waals surface area (Å²) in [6.07, 6.45) is 0.872. The molecule has 0 saturated carbocycles. The average molecular weight is 298 g/mol. The highest BCUT2D eigenvalue weighted by atomic mass is 35.5. The van der Waals surface area contributed by atoms with Gasteiger partial charge >= 0.3 is 0 Å². The van der Waals surface area contributed by atoms with Gasteiger partial charge in [0.2, 0.25) is 0 Å². The number of halogens is 2. The van der Waals surface area contributed by atoms with Gasteiger partial charge in [0.15, 0.2) is 5.69 Å². The van der Waals surface area contributed by atoms with E-state index in [1.54, 1.807) is 30.3 Å². The Bertz CT molecular complexity index is 578. The van der Waals surface area contributed by atoms with E-state index >= 15 is 0 Å². The number of aromatic nitrogens is 2. The maximum absolute atomic E-state index is 11.8. The molecule has 0 spiro atoms. The van der Waals surface area contributed by atoms with Gasteiger partial charge in [-0.2, -0.15) is 5.10 Å². The number of carbonyl (C=O) groups is 1. The van der Waals surface area contributed by atoms with Crippen LogP contribution in [-0.4, -0.2) is 22.2 Å². The zero-order valence-electron chi connectivity index (χ0n) is 10.4. The predicted molar refractivity (Wildman–Crippen MR) is 76.2 cm³/mol. The van der Waals surface area contributed by atoms with E-state index in [4.69, 9.17) is 23.2 Å². The van der Waals surface area contributed by atoms with E-state index in [2.05, 4.69) is 10.4 Å². The van der Waals surface area contributed by atoms with Crippen LogP contribution in [0.1, 0.15) is 23.8 Å². The van der Waals surface area contributed by atoms with Crippen molar-refractivity contribution in [1.29, 1.82) is 0 Å². The normalized spacial score (nSPS) is 10.5. The standard InChI is InChI=1S/C13H13Cl2N3O/c1-2-7-16-13(19)11-8-12(15)18(17-11)10-5-3-9(14)4-6-10/h3-6,8H,2,7H2,1H3,(H,16,19). The van der Waals surface area contributed by atoms with Crippen molar-refractivity contribution in [3.05, 3.63) is 46.2 Å². The summed E-state index contributed by atoms with van der Waals surface area (Å²) in [5.74, 6) is -0.225. The molecular formula is C13H13Cl2N3O. The zero-order chi connectivity index (χ0) is 13.8. The Labute approximate surface area is 121 Å². The molecule has 1 aromatic heterocycles. The number of nitrogens with zero attached hydrogens (tertiary/aromatic N) is 2. The van der Waals surface area contributed by atoms with Gasteiger partial charge in [-0.25, -0.2) is 4.68 Å². The average Bonchev–Trinajstić information content (AvgIpc) is 2.79. The second kappa shape index (κ2) is 6.08. The van der Waals surface area contributed by atoms with Crippen LogP contribution in [0.4, 0.5) is 0 Å². The molecule has 0 unspecified atom stereocenters. The van der Waals surface area contributed by atoms with Crippen LogP contribution in [0, 0.1) is 0 Å². The second-order valence-corrected chi connectivity index (χ2v) is 4.82. The molecule has 0 aliphatic carbocycles. The van der Waals surface area contributed by atoms with Gasteiger partial charge in [-0.05, 0) is 30.7 Å². The van der Waals surface area contributed by atoms with Gasteiger partial charge in [0.05, 0.1) is 5.69 Å². The lowest BCUT2D eigenvalue weighted by Gasteiger charge is -2.03. The number of nitrogens with one attached hydrogen (secondary N) is 1. The third-order valence-corrected chi connectivity index (χ3v) is 3.03. The molecule has 2 rings (SSSR count). The highest BCUT2D eigenvalue weighted by Crippen LogP contribution is 2.19. The minimum Gasteiger partial charge on any atom is -0.351 e. The molecule has 1 amide bonds. The monoisotopic (exact) mass is 297 g/mol. The molecule has 0 aliphatic heterocycles. The van der Waals surface area contributed by atoms with Crippen LogP contribution in [0.2, 0.25) is 10.2 Å². The first-order valence-corrected chi connectivity index (χ1v) is 6.67. The molecule has 0 radical (unpaired) electrons. The van der Waals surface area contributed by atoms with Crippen LogP contribution in [0.3, 0.4) is 0 Å². The van der Waals surface area contributed by atoms with Crippen molar-refractivity contribution in [3.8, 4) is 5.69 Å². The molecule has 0 aliphatic rings. The molecule has 19 heavy (non-hydrogen) atoms. The molecule has 0 bridgehead atoms. The lowest BCUT2D eigenvalue weighted by Crippen LogP contribution is -2.24. The van der Waals surface area contributed by atoms with Crippen LogP contribution < -0.4 is 5.32 Å². The van der Waals surface area contributed by atoms with Gasteiger partial charge in [-0.1, -0.05) is 30.1 Å². The Morgan fingerprint density at radius 3 is 2.63 bits per heavy atom. The number of benzene rings is 1. The van der Waals surface area contributed by atoms with Crippen LogP contribution in [0.5, 0.6) is 0 Å². The van der Waals surface area contributed by atoms with Crippen molar-refractivity contribution in [2.45, 2.75) is 13.3 Å². The van der Waals surface area contributed by atoms with E-state index in [1.807, 2.05) is 6.92 Å². The summed E-state index contributed by atoms with van der Waals surface area (Å²) in [5.41, 5.74) is 1.05. The summed E-state index contributed by atoms with van der Waals surface area (Å²) in [5, 5.41) is 7.96. The van der Waals surface area contributed by atoms with Crippen molar-refractivity contribution in [1.82, 2.24) is 15.1 Å². The molecule has 0 fully saturated rings.